The van der Waals surface area contributed by atoms with E-state index < -0.39 is 11.0 Å². The Morgan fingerprint density at radius 3 is 2.33 bits per heavy atom. The van der Waals surface area contributed by atoms with Gasteiger partial charge in [0.15, 0.2) is 0 Å². The highest BCUT2D eigenvalue weighted by atomic mass is 32.2. The molecule has 12 heavy (non-hydrogen) atoms. The van der Waals surface area contributed by atoms with Crippen LogP contribution in [0.3, 0.4) is 0 Å². The average Bonchev–Trinajstić information content (AvgIpc) is 2.01. The molecular formula is C8H18N2OS. The van der Waals surface area contributed by atoms with E-state index in [0.29, 0.717) is 12.1 Å². The summed E-state index contributed by atoms with van der Waals surface area (Å²) in [5.41, 5.74) is 0. The molecule has 3 unspecified atom stereocenters. The van der Waals surface area contributed by atoms with Crippen molar-refractivity contribution in [3.05, 3.63) is 0 Å². The Balaban J connectivity index is 2.49. The molecule has 1 rings (SSSR count). The summed E-state index contributed by atoms with van der Waals surface area (Å²) in [6, 6.07) is 0.925. The lowest BCUT2D eigenvalue weighted by Gasteiger charge is -2.34. The zero-order valence-electron chi connectivity index (χ0n) is 8.04. The highest BCUT2D eigenvalue weighted by Gasteiger charge is 2.23. The van der Waals surface area contributed by atoms with E-state index in [0.717, 1.165) is 18.8 Å². The predicted molar refractivity (Wildman–Crippen MR) is 52.3 cm³/mol. The molecule has 0 radical (unpaired) electrons. The zero-order valence-corrected chi connectivity index (χ0v) is 8.86. The Kier molecular flexibility index (Phi) is 3.68. The van der Waals surface area contributed by atoms with Crippen LogP contribution in [-0.4, -0.2) is 39.4 Å². The third-order valence-electron chi connectivity index (χ3n) is 2.06. The fourth-order valence-corrected chi connectivity index (χ4v) is 2.77. The topological polar surface area (TPSA) is 32.3 Å². The van der Waals surface area contributed by atoms with Crippen LogP contribution < -0.4 is 5.32 Å². The summed E-state index contributed by atoms with van der Waals surface area (Å²) in [6.07, 6.45) is 0. The van der Waals surface area contributed by atoms with Gasteiger partial charge in [-0.25, -0.2) is 8.51 Å². The summed E-state index contributed by atoms with van der Waals surface area (Å²) in [7, 11) is -0.761. The zero-order chi connectivity index (χ0) is 9.14. The van der Waals surface area contributed by atoms with E-state index in [4.69, 9.17) is 0 Å². The molecule has 3 atom stereocenters. The summed E-state index contributed by atoms with van der Waals surface area (Å²) in [6.45, 7) is 8.05. The molecule has 1 aliphatic rings. The van der Waals surface area contributed by atoms with E-state index in [1.165, 1.54) is 0 Å². The van der Waals surface area contributed by atoms with Crippen molar-refractivity contribution in [3.63, 3.8) is 0 Å². The maximum atomic E-state index is 11.5. The second kappa shape index (κ2) is 4.35. The fraction of sp³-hybridized carbons (Fsp3) is 1.00. The minimum absolute atomic E-state index is 0.462. The summed E-state index contributed by atoms with van der Waals surface area (Å²) < 4.78 is 13.5. The SMILES string of the molecule is CCS(=O)N1CC(C)NC(C)C1. The van der Waals surface area contributed by atoms with Gasteiger partial charge in [-0.1, -0.05) is 6.92 Å². The molecule has 0 aromatic heterocycles. The molecule has 1 heterocycles. The van der Waals surface area contributed by atoms with Crippen molar-refractivity contribution in [2.75, 3.05) is 18.8 Å². The molecule has 3 nitrogen and oxygen atoms in total. The molecule has 0 aliphatic carbocycles. The highest BCUT2D eigenvalue weighted by molar-refractivity contribution is 7.82. The van der Waals surface area contributed by atoms with E-state index in [9.17, 15) is 4.21 Å². The van der Waals surface area contributed by atoms with Crippen LogP contribution in [0.25, 0.3) is 0 Å². The van der Waals surface area contributed by atoms with Gasteiger partial charge in [0, 0.05) is 30.9 Å². The van der Waals surface area contributed by atoms with Crippen molar-refractivity contribution in [1.82, 2.24) is 9.62 Å². The minimum atomic E-state index is -0.761. The normalized spacial score (nSPS) is 34.9. The van der Waals surface area contributed by atoms with Crippen LogP contribution in [0.15, 0.2) is 0 Å². The second-order valence-electron chi connectivity index (χ2n) is 3.43. The summed E-state index contributed by atoms with van der Waals surface area (Å²) in [4.78, 5) is 0. The molecule has 0 bridgehead atoms. The van der Waals surface area contributed by atoms with Gasteiger partial charge >= 0.3 is 0 Å². The van der Waals surface area contributed by atoms with Crippen molar-refractivity contribution in [2.24, 2.45) is 0 Å². The van der Waals surface area contributed by atoms with Gasteiger partial charge in [-0.15, -0.1) is 0 Å². The summed E-state index contributed by atoms with van der Waals surface area (Å²) in [5, 5.41) is 3.41. The van der Waals surface area contributed by atoms with Gasteiger partial charge in [0.25, 0.3) is 0 Å². The molecule has 0 spiro atoms. The minimum Gasteiger partial charge on any atom is -0.309 e. The van der Waals surface area contributed by atoms with Crippen LogP contribution in [0.5, 0.6) is 0 Å². The van der Waals surface area contributed by atoms with E-state index in [1.807, 2.05) is 6.92 Å². The second-order valence-corrected chi connectivity index (χ2v) is 5.16. The molecule has 1 N–H and O–H groups in total. The number of hydrogen-bond acceptors (Lipinski definition) is 2. The number of hydrogen-bond donors (Lipinski definition) is 1. The standard InChI is InChI=1S/C8H18N2OS/c1-4-12(11)10-5-7(2)9-8(3)6-10/h7-9H,4-6H2,1-3H3. The molecule has 0 amide bonds. The van der Waals surface area contributed by atoms with Gasteiger partial charge < -0.3 is 5.32 Å². The molecule has 1 fully saturated rings. The van der Waals surface area contributed by atoms with Crippen LogP contribution in [-0.2, 0) is 11.0 Å². The average molecular weight is 190 g/mol. The monoisotopic (exact) mass is 190 g/mol. The molecule has 1 saturated heterocycles. The van der Waals surface area contributed by atoms with Gasteiger partial charge in [-0.05, 0) is 13.8 Å². The van der Waals surface area contributed by atoms with Gasteiger partial charge in [-0.3, -0.25) is 0 Å². The van der Waals surface area contributed by atoms with Gasteiger partial charge in [-0.2, -0.15) is 0 Å². The number of rotatable bonds is 2. The fourth-order valence-electron chi connectivity index (χ4n) is 1.63. The van der Waals surface area contributed by atoms with Crippen LogP contribution in [0.1, 0.15) is 20.8 Å². The Morgan fingerprint density at radius 2 is 1.92 bits per heavy atom. The van der Waals surface area contributed by atoms with Crippen molar-refractivity contribution >= 4 is 11.0 Å². The predicted octanol–water partition coefficient (Wildman–Crippen LogP) is 0.352. The Morgan fingerprint density at radius 1 is 1.42 bits per heavy atom. The number of nitrogens with one attached hydrogen (secondary N) is 1. The smallest absolute Gasteiger partial charge is 0.0940 e. The van der Waals surface area contributed by atoms with E-state index in [-0.39, 0.29) is 0 Å². The molecular weight excluding hydrogens is 172 g/mol. The lowest BCUT2D eigenvalue weighted by atomic mass is 10.2. The third kappa shape index (κ3) is 2.54. The number of piperazine rings is 1. The quantitative estimate of drug-likeness (QED) is 0.681. The highest BCUT2D eigenvalue weighted by Crippen LogP contribution is 2.06. The van der Waals surface area contributed by atoms with Gasteiger partial charge in [0.2, 0.25) is 0 Å². The largest absolute Gasteiger partial charge is 0.309 e. The first-order valence-corrected chi connectivity index (χ1v) is 5.80. The lowest BCUT2D eigenvalue weighted by Crippen LogP contribution is -2.54. The van der Waals surface area contributed by atoms with Crippen molar-refractivity contribution in [1.29, 1.82) is 0 Å². The van der Waals surface area contributed by atoms with Crippen LogP contribution >= 0.6 is 0 Å². The molecule has 1 aliphatic heterocycles. The Bertz CT molecular complexity index is 164. The van der Waals surface area contributed by atoms with Crippen LogP contribution in [0.4, 0.5) is 0 Å². The van der Waals surface area contributed by atoms with Crippen molar-refractivity contribution in [2.45, 2.75) is 32.9 Å². The number of nitrogens with zero attached hydrogens (tertiary/aromatic N) is 1. The van der Waals surface area contributed by atoms with Crippen molar-refractivity contribution < 1.29 is 4.21 Å². The first-order valence-electron chi connectivity index (χ1n) is 4.53. The maximum Gasteiger partial charge on any atom is 0.0940 e. The van der Waals surface area contributed by atoms with Crippen molar-refractivity contribution in [3.8, 4) is 0 Å². The molecule has 0 aromatic rings. The first-order chi connectivity index (χ1) is 5.63. The molecule has 0 saturated carbocycles. The van der Waals surface area contributed by atoms with Crippen LogP contribution in [0, 0.1) is 0 Å². The maximum absolute atomic E-state index is 11.5. The molecule has 0 aromatic carbocycles. The summed E-state index contributed by atoms with van der Waals surface area (Å²) >= 11 is 0. The first kappa shape index (κ1) is 10.2. The third-order valence-corrected chi connectivity index (χ3v) is 3.43. The van der Waals surface area contributed by atoms with Crippen LogP contribution in [0.2, 0.25) is 0 Å². The Hall–Kier alpha value is 0.0700. The van der Waals surface area contributed by atoms with E-state index >= 15 is 0 Å². The van der Waals surface area contributed by atoms with Gasteiger partial charge in [0.1, 0.15) is 0 Å². The van der Waals surface area contributed by atoms with E-state index in [1.54, 1.807) is 0 Å². The Labute approximate surface area is 77.1 Å². The summed E-state index contributed by atoms with van der Waals surface area (Å²) in [5.74, 6) is 0.736. The van der Waals surface area contributed by atoms with Gasteiger partial charge in [0.05, 0.1) is 11.0 Å². The molecule has 4 heteroatoms. The molecule has 72 valence electrons. The van der Waals surface area contributed by atoms with E-state index in [2.05, 4.69) is 23.5 Å². The lowest BCUT2D eigenvalue weighted by molar-refractivity contribution is 0.273.